The molecule has 0 aliphatic carbocycles. The quantitative estimate of drug-likeness (QED) is 0.549. The monoisotopic (exact) mass is 391 g/mol. The Morgan fingerprint density at radius 3 is 2.32 bits per heavy atom. The Labute approximate surface area is 164 Å². The van der Waals surface area contributed by atoms with E-state index in [0.29, 0.717) is 21.9 Å². The Morgan fingerprint density at radius 1 is 0.857 bits per heavy atom. The fourth-order valence-electron chi connectivity index (χ4n) is 2.78. The van der Waals surface area contributed by atoms with E-state index in [1.54, 1.807) is 24.3 Å². The van der Waals surface area contributed by atoms with Crippen LogP contribution in [-0.4, -0.2) is 26.8 Å². The van der Waals surface area contributed by atoms with Gasteiger partial charge in [-0.25, -0.2) is 15.0 Å². The van der Waals surface area contributed by atoms with Gasteiger partial charge in [0.1, 0.15) is 0 Å². The van der Waals surface area contributed by atoms with Crippen molar-refractivity contribution in [2.24, 2.45) is 0 Å². The lowest BCUT2D eigenvalue weighted by molar-refractivity contribution is -0.114. The third-order valence-corrected chi connectivity index (χ3v) is 5.20. The van der Waals surface area contributed by atoms with Gasteiger partial charge in [-0.3, -0.25) is 9.59 Å². The van der Waals surface area contributed by atoms with E-state index in [1.165, 1.54) is 18.3 Å². The average molecular weight is 391 g/mol. The van der Waals surface area contributed by atoms with Gasteiger partial charge in [-0.2, -0.15) is 0 Å². The standard InChI is InChI=1S/C20H17N5O2S/c1-10-11(2)22-17-8-13(4-6-15(17)21-10)19(27)24-14-5-7-16-18(9-14)28-20(25-16)23-12(3)26/h4-9H,1-3H3,(H,24,27)(H,23,25,26). The number of hydrogen-bond acceptors (Lipinski definition) is 6. The molecule has 2 amide bonds. The maximum atomic E-state index is 12.7. The second kappa shape index (κ2) is 6.97. The summed E-state index contributed by atoms with van der Waals surface area (Å²) in [5, 5.41) is 6.10. The zero-order chi connectivity index (χ0) is 19.8. The molecule has 7 nitrogen and oxygen atoms in total. The van der Waals surface area contributed by atoms with Gasteiger partial charge in [0.15, 0.2) is 5.13 Å². The van der Waals surface area contributed by atoms with Crippen LogP contribution in [0.3, 0.4) is 0 Å². The van der Waals surface area contributed by atoms with Crippen molar-refractivity contribution >= 4 is 55.2 Å². The second-order valence-electron chi connectivity index (χ2n) is 6.43. The molecular weight excluding hydrogens is 374 g/mol. The minimum Gasteiger partial charge on any atom is -0.322 e. The summed E-state index contributed by atoms with van der Waals surface area (Å²) < 4.78 is 0.872. The van der Waals surface area contributed by atoms with Crippen molar-refractivity contribution in [3.8, 4) is 0 Å². The Kier molecular flexibility index (Phi) is 4.48. The van der Waals surface area contributed by atoms with Gasteiger partial charge in [0.05, 0.1) is 32.6 Å². The molecule has 0 fully saturated rings. The van der Waals surface area contributed by atoms with Gasteiger partial charge in [0.25, 0.3) is 5.91 Å². The summed E-state index contributed by atoms with van der Waals surface area (Å²) in [5.41, 5.74) is 5.09. The number of rotatable bonds is 3. The molecule has 4 aromatic rings. The molecule has 0 atom stereocenters. The van der Waals surface area contributed by atoms with Crippen molar-refractivity contribution in [2.75, 3.05) is 10.6 Å². The summed E-state index contributed by atoms with van der Waals surface area (Å²) in [6, 6.07) is 10.7. The highest BCUT2D eigenvalue weighted by Crippen LogP contribution is 2.28. The summed E-state index contributed by atoms with van der Waals surface area (Å²) >= 11 is 1.35. The van der Waals surface area contributed by atoms with E-state index < -0.39 is 0 Å². The molecule has 0 saturated heterocycles. The number of benzene rings is 2. The Morgan fingerprint density at radius 2 is 1.57 bits per heavy atom. The van der Waals surface area contributed by atoms with Gasteiger partial charge < -0.3 is 10.6 Å². The molecule has 0 radical (unpaired) electrons. The molecule has 0 aliphatic rings. The zero-order valence-corrected chi connectivity index (χ0v) is 16.3. The fraction of sp³-hybridized carbons (Fsp3) is 0.150. The molecule has 8 heteroatoms. The van der Waals surface area contributed by atoms with E-state index >= 15 is 0 Å². The van der Waals surface area contributed by atoms with E-state index in [-0.39, 0.29) is 11.8 Å². The molecule has 2 aromatic carbocycles. The van der Waals surface area contributed by atoms with Crippen LogP contribution in [0.5, 0.6) is 0 Å². The van der Waals surface area contributed by atoms with Gasteiger partial charge in [0.2, 0.25) is 5.91 Å². The normalized spacial score (nSPS) is 11.0. The van der Waals surface area contributed by atoms with E-state index in [1.807, 2.05) is 26.0 Å². The predicted octanol–water partition coefficient (Wildman–Crippen LogP) is 4.07. The fourth-order valence-corrected chi connectivity index (χ4v) is 3.73. The first-order valence-corrected chi connectivity index (χ1v) is 9.45. The van der Waals surface area contributed by atoms with Crippen LogP contribution in [0.4, 0.5) is 10.8 Å². The lowest BCUT2D eigenvalue weighted by atomic mass is 10.1. The number of carbonyl (C=O) groups is 2. The van der Waals surface area contributed by atoms with Crippen molar-refractivity contribution in [2.45, 2.75) is 20.8 Å². The van der Waals surface area contributed by atoms with Crippen molar-refractivity contribution in [1.29, 1.82) is 0 Å². The van der Waals surface area contributed by atoms with Gasteiger partial charge in [-0.05, 0) is 50.2 Å². The molecule has 28 heavy (non-hydrogen) atoms. The van der Waals surface area contributed by atoms with Gasteiger partial charge in [0, 0.05) is 18.2 Å². The predicted molar refractivity (Wildman–Crippen MR) is 111 cm³/mol. The van der Waals surface area contributed by atoms with Crippen LogP contribution in [0.25, 0.3) is 21.3 Å². The molecular formula is C20H17N5O2S. The van der Waals surface area contributed by atoms with E-state index in [2.05, 4.69) is 25.6 Å². The summed E-state index contributed by atoms with van der Waals surface area (Å²) in [6.45, 7) is 5.25. The smallest absolute Gasteiger partial charge is 0.255 e. The molecule has 140 valence electrons. The number of amides is 2. The average Bonchev–Trinajstić information content (AvgIpc) is 3.03. The zero-order valence-electron chi connectivity index (χ0n) is 15.5. The lowest BCUT2D eigenvalue weighted by Crippen LogP contribution is -2.12. The Hall–Kier alpha value is -3.39. The summed E-state index contributed by atoms with van der Waals surface area (Å²) in [6.07, 6.45) is 0. The minimum absolute atomic E-state index is 0.169. The maximum absolute atomic E-state index is 12.7. The van der Waals surface area contributed by atoms with Crippen LogP contribution in [0.1, 0.15) is 28.7 Å². The van der Waals surface area contributed by atoms with Crippen molar-refractivity contribution < 1.29 is 9.59 Å². The van der Waals surface area contributed by atoms with Crippen molar-refractivity contribution in [1.82, 2.24) is 15.0 Å². The van der Waals surface area contributed by atoms with Crippen LogP contribution >= 0.6 is 11.3 Å². The summed E-state index contributed by atoms with van der Waals surface area (Å²) in [7, 11) is 0. The third kappa shape index (κ3) is 3.54. The molecule has 0 saturated carbocycles. The molecule has 0 spiro atoms. The highest BCUT2D eigenvalue weighted by Gasteiger charge is 2.11. The largest absolute Gasteiger partial charge is 0.322 e. The van der Waals surface area contributed by atoms with Gasteiger partial charge in [-0.1, -0.05) is 11.3 Å². The first-order chi connectivity index (χ1) is 13.4. The van der Waals surface area contributed by atoms with Crippen LogP contribution in [0, 0.1) is 13.8 Å². The van der Waals surface area contributed by atoms with E-state index in [4.69, 9.17) is 0 Å². The number of hydrogen-bond donors (Lipinski definition) is 2. The Balaban J connectivity index is 1.59. The van der Waals surface area contributed by atoms with Crippen molar-refractivity contribution in [3.05, 3.63) is 53.3 Å². The number of fused-ring (bicyclic) bond motifs is 2. The topological polar surface area (TPSA) is 96.9 Å². The molecule has 2 N–H and O–H groups in total. The molecule has 2 aromatic heterocycles. The van der Waals surface area contributed by atoms with Gasteiger partial charge in [-0.15, -0.1) is 0 Å². The first-order valence-electron chi connectivity index (χ1n) is 8.63. The van der Waals surface area contributed by atoms with Crippen molar-refractivity contribution in [3.63, 3.8) is 0 Å². The number of nitrogens with one attached hydrogen (secondary N) is 2. The van der Waals surface area contributed by atoms with E-state index in [9.17, 15) is 9.59 Å². The number of aromatic nitrogens is 3. The van der Waals surface area contributed by atoms with Gasteiger partial charge >= 0.3 is 0 Å². The summed E-state index contributed by atoms with van der Waals surface area (Å²) in [5.74, 6) is -0.398. The second-order valence-corrected chi connectivity index (χ2v) is 7.47. The first kappa shape index (κ1) is 18.0. The molecule has 4 rings (SSSR count). The van der Waals surface area contributed by atoms with E-state index in [0.717, 1.165) is 27.1 Å². The third-order valence-electron chi connectivity index (χ3n) is 4.27. The van der Waals surface area contributed by atoms with Crippen LogP contribution < -0.4 is 10.6 Å². The minimum atomic E-state index is -0.229. The number of thiazole rings is 1. The maximum Gasteiger partial charge on any atom is 0.255 e. The molecule has 0 bridgehead atoms. The molecule has 0 aliphatic heterocycles. The van der Waals surface area contributed by atoms with Crippen LogP contribution in [0.15, 0.2) is 36.4 Å². The highest BCUT2D eigenvalue weighted by molar-refractivity contribution is 7.22. The number of nitrogens with zero attached hydrogens (tertiary/aromatic N) is 3. The lowest BCUT2D eigenvalue weighted by Gasteiger charge is -2.07. The molecule has 2 heterocycles. The van der Waals surface area contributed by atoms with Crippen LogP contribution in [-0.2, 0) is 4.79 Å². The molecule has 0 unspecified atom stereocenters. The Bertz CT molecular complexity index is 1250. The number of anilines is 2. The SMILES string of the molecule is CC(=O)Nc1nc2ccc(NC(=O)c3ccc4nc(C)c(C)nc4c3)cc2s1. The highest BCUT2D eigenvalue weighted by atomic mass is 32.1. The number of aryl methyl sites for hydroxylation is 2. The summed E-state index contributed by atoms with van der Waals surface area (Å²) in [4.78, 5) is 37.2. The number of carbonyl (C=O) groups excluding carboxylic acids is 2. The van der Waals surface area contributed by atoms with Crippen LogP contribution in [0.2, 0.25) is 0 Å².